The van der Waals surface area contributed by atoms with E-state index in [2.05, 4.69) is 5.32 Å². The largest absolute Gasteiger partial charge is 0.466 e. The number of nitrogens with two attached hydrogens (primary N) is 1. The lowest BCUT2D eigenvalue weighted by Gasteiger charge is -2.36. The zero-order valence-corrected chi connectivity index (χ0v) is 22.2. The molecule has 3 N–H and O–H groups in total. The molecule has 0 fully saturated rings. The number of nitriles is 1. The lowest BCUT2D eigenvalue weighted by Crippen LogP contribution is -2.41. The summed E-state index contributed by atoms with van der Waals surface area (Å²) in [7, 11) is 2.17. The third-order valence-corrected chi connectivity index (χ3v) is 6.45. The lowest BCUT2D eigenvalue weighted by atomic mass is 9.80. The van der Waals surface area contributed by atoms with E-state index in [1.165, 1.54) is 30.3 Å². The van der Waals surface area contributed by atoms with Gasteiger partial charge in [0.2, 0.25) is 0 Å². The summed E-state index contributed by atoms with van der Waals surface area (Å²) in [6, 6.07) is 20.1. The molecule has 1 unspecified atom stereocenters. The van der Waals surface area contributed by atoms with Crippen molar-refractivity contribution in [3.05, 3.63) is 118 Å². The normalized spacial score (nSPS) is 15.1. The topological polar surface area (TPSA) is 135 Å². The number of rotatable bonds is 6. The van der Waals surface area contributed by atoms with Gasteiger partial charge in [0.05, 0.1) is 54.2 Å². The second kappa shape index (κ2) is 11.9. The highest BCUT2D eigenvalue weighted by Crippen LogP contribution is 2.44. The van der Waals surface area contributed by atoms with Crippen LogP contribution in [-0.2, 0) is 25.2 Å². The van der Waals surface area contributed by atoms with Crippen LogP contribution in [0.25, 0.3) is 0 Å². The van der Waals surface area contributed by atoms with Gasteiger partial charge in [-0.3, -0.25) is 9.69 Å². The maximum absolute atomic E-state index is 13.4. The Bertz CT molecular complexity index is 1660. The van der Waals surface area contributed by atoms with Crippen molar-refractivity contribution in [2.45, 2.75) is 12.1 Å². The van der Waals surface area contributed by atoms with E-state index < -0.39 is 41.2 Å². The van der Waals surface area contributed by atoms with Crippen LogP contribution in [0, 0.1) is 11.3 Å². The van der Waals surface area contributed by atoms with Gasteiger partial charge in [-0.1, -0.05) is 48.5 Å². The Hall–Kier alpha value is -5.57. The summed E-state index contributed by atoms with van der Waals surface area (Å²) in [5.74, 6) is -4.24. The van der Waals surface area contributed by atoms with Crippen LogP contribution in [0.5, 0.6) is 0 Å². The number of anilines is 2. The van der Waals surface area contributed by atoms with Gasteiger partial charge in [0, 0.05) is 5.69 Å². The van der Waals surface area contributed by atoms with Gasteiger partial charge in [-0.2, -0.15) is 18.4 Å². The van der Waals surface area contributed by atoms with Crippen molar-refractivity contribution in [2.24, 2.45) is 5.73 Å². The second-order valence-electron chi connectivity index (χ2n) is 8.89. The number of halogens is 3. The van der Waals surface area contributed by atoms with Crippen molar-refractivity contribution in [2.75, 3.05) is 24.4 Å². The summed E-state index contributed by atoms with van der Waals surface area (Å²) in [6.07, 6.45) is -4.64. The molecule has 0 spiro atoms. The predicted octanol–water partition coefficient (Wildman–Crippen LogP) is 4.86. The van der Waals surface area contributed by atoms with Crippen LogP contribution in [0.15, 0.2) is 102 Å². The van der Waals surface area contributed by atoms with E-state index in [9.17, 15) is 32.8 Å². The molecule has 4 rings (SSSR count). The molecule has 9 nitrogen and oxygen atoms in total. The molecule has 1 amide bonds. The fourth-order valence-corrected chi connectivity index (χ4v) is 4.60. The predicted molar refractivity (Wildman–Crippen MR) is 145 cm³/mol. The molecule has 214 valence electrons. The summed E-state index contributed by atoms with van der Waals surface area (Å²) in [4.78, 5) is 41.0. The number of carbonyl (C=O) groups excluding carboxylic acids is 3. The molecule has 3 aromatic carbocycles. The van der Waals surface area contributed by atoms with Gasteiger partial charge in [-0.15, -0.1) is 0 Å². The maximum atomic E-state index is 13.4. The van der Waals surface area contributed by atoms with Crippen LogP contribution in [0.1, 0.15) is 27.4 Å². The molecule has 1 aliphatic heterocycles. The summed E-state index contributed by atoms with van der Waals surface area (Å²) in [5, 5.41) is 12.6. The molecular formula is C30H23F3N4O5. The maximum Gasteiger partial charge on any atom is 0.416 e. The highest BCUT2D eigenvalue weighted by Gasteiger charge is 2.43. The first-order valence-corrected chi connectivity index (χ1v) is 12.3. The molecular weight excluding hydrogens is 553 g/mol. The van der Waals surface area contributed by atoms with Crippen LogP contribution in [-0.4, -0.2) is 32.1 Å². The SMILES string of the molecule is COC(=O)C1=C(C(=O)OC)N(c2ccccc2C(=O)Nc2cccc(C(F)(F)F)c2)C(N)=C(C#N)C1c1ccccc1. The van der Waals surface area contributed by atoms with E-state index in [1.807, 2.05) is 6.07 Å². The number of carbonyl (C=O) groups is 3. The Labute approximate surface area is 238 Å². The second-order valence-corrected chi connectivity index (χ2v) is 8.89. The number of alkyl halides is 3. The molecule has 1 aliphatic rings. The third-order valence-electron chi connectivity index (χ3n) is 6.45. The molecule has 42 heavy (non-hydrogen) atoms. The number of amides is 1. The van der Waals surface area contributed by atoms with Gasteiger partial charge in [-0.25, -0.2) is 9.59 Å². The molecule has 1 heterocycles. The molecule has 0 saturated carbocycles. The van der Waals surface area contributed by atoms with Crippen LogP contribution in [0.3, 0.4) is 0 Å². The van der Waals surface area contributed by atoms with Gasteiger partial charge in [0.1, 0.15) is 11.5 Å². The zero-order chi connectivity index (χ0) is 30.6. The number of nitrogens with zero attached hydrogens (tertiary/aromatic N) is 2. The average molecular weight is 577 g/mol. The number of ether oxygens (including phenoxy) is 2. The fourth-order valence-electron chi connectivity index (χ4n) is 4.60. The van der Waals surface area contributed by atoms with Crippen LogP contribution >= 0.6 is 0 Å². The van der Waals surface area contributed by atoms with E-state index in [-0.39, 0.29) is 33.9 Å². The number of esters is 2. The molecule has 0 saturated heterocycles. The summed E-state index contributed by atoms with van der Waals surface area (Å²) >= 11 is 0. The van der Waals surface area contributed by atoms with Crippen molar-refractivity contribution in [1.82, 2.24) is 0 Å². The number of hydrogen-bond acceptors (Lipinski definition) is 8. The monoisotopic (exact) mass is 576 g/mol. The van der Waals surface area contributed by atoms with Gasteiger partial charge >= 0.3 is 18.1 Å². The third kappa shape index (κ3) is 5.53. The van der Waals surface area contributed by atoms with Gasteiger partial charge in [0.25, 0.3) is 5.91 Å². The van der Waals surface area contributed by atoms with Gasteiger partial charge in [-0.05, 0) is 35.9 Å². The lowest BCUT2D eigenvalue weighted by molar-refractivity contribution is -0.139. The number of hydrogen-bond donors (Lipinski definition) is 2. The van der Waals surface area contributed by atoms with E-state index >= 15 is 0 Å². The van der Waals surface area contributed by atoms with Crippen molar-refractivity contribution in [3.63, 3.8) is 0 Å². The van der Waals surface area contributed by atoms with Crippen molar-refractivity contribution >= 4 is 29.2 Å². The highest BCUT2D eigenvalue weighted by atomic mass is 19.4. The summed E-state index contributed by atoms with van der Waals surface area (Å²) < 4.78 is 49.7. The first kappa shape index (κ1) is 29.4. The number of nitrogens with one attached hydrogen (secondary N) is 1. The minimum Gasteiger partial charge on any atom is -0.466 e. The number of methoxy groups -OCH3 is 2. The van der Waals surface area contributed by atoms with Crippen molar-refractivity contribution in [3.8, 4) is 6.07 Å². The quantitative estimate of drug-likeness (QED) is 0.398. The molecule has 0 radical (unpaired) electrons. The van der Waals surface area contributed by atoms with E-state index in [4.69, 9.17) is 15.2 Å². The Kier molecular flexibility index (Phi) is 8.33. The minimum absolute atomic E-state index is 0.0551. The van der Waals surface area contributed by atoms with E-state index in [0.29, 0.717) is 5.56 Å². The number of para-hydroxylation sites is 1. The van der Waals surface area contributed by atoms with Crippen LogP contribution < -0.4 is 16.0 Å². The molecule has 12 heteroatoms. The Morgan fingerprint density at radius 1 is 0.929 bits per heavy atom. The van der Waals surface area contributed by atoms with E-state index in [0.717, 1.165) is 37.3 Å². The average Bonchev–Trinajstić information content (AvgIpc) is 2.99. The number of benzene rings is 3. The highest BCUT2D eigenvalue weighted by molar-refractivity contribution is 6.11. The van der Waals surface area contributed by atoms with E-state index in [1.54, 1.807) is 30.3 Å². The first-order valence-electron chi connectivity index (χ1n) is 12.3. The Morgan fingerprint density at radius 3 is 2.19 bits per heavy atom. The van der Waals surface area contributed by atoms with Crippen molar-refractivity contribution in [1.29, 1.82) is 5.26 Å². The van der Waals surface area contributed by atoms with Gasteiger partial charge < -0.3 is 20.5 Å². The molecule has 0 aliphatic carbocycles. The summed E-state index contributed by atoms with van der Waals surface area (Å²) in [5.41, 5.74) is 4.84. The Balaban J connectivity index is 1.93. The smallest absolute Gasteiger partial charge is 0.416 e. The first-order chi connectivity index (χ1) is 20.0. The molecule has 3 aromatic rings. The van der Waals surface area contributed by atoms with Crippen molar-refractivity contribution < 1.29 is 37.0 Å². The molecule has 0 bridgehead atoms. The Morgan fingerprint density at radius 2 is 1.57 bits per heavy atom. The van der Waals surface area contributed by atoms with Gasteiger partial charge in [0.15, 0.2) is 0 Å². The molecule has 1 atom stereocenters. The zero-order valence-electron chi connectivity index (χ0n) is 22.2. The van der Waals surface area contributed by atoms with Crippen LogP contribution in [0.2, 0.25) is 0 Å². The van der Waals surface area contributed by atoms with Crippen LogP contribution in [0.4, 0.5) is 24.5 Å². The molecule has 0 aromatic heterocycles. The summed E-state index contributed by atoms with van der Waals surface area (Å²) in [6.45, 7) is 0. The number of allylic oxidation sites excluding steroid dienone is 1. The fraction of sp³-hybridized carbons (Fsp3) is 0.133. The standard InChI is InChI=1S/C30H23F3N4O5/c1-41-28(39)24-23(17-9-4-3-5-10-17)21(16-34)26(35)37(25(24)29(40)42-2)22-14-7-6-13-20(22)27(38)36-19-12-8-11-18(15-19)30(31,32)33/h3-15,23H,35H2,1-2H3,(H,36,38). The minimum atomic E-state index is -4.64.